The van der Waals surface area contributed by atoms with Gasteiger partial charge in [0.05, 0.1) is 0 Å². The average Bonchev–Trinajstić information content (AvgIpc) is 2.40. The molecule has 1 heteroatoms. The average molecular weight is 263 g/mol. The van der Waals surface area contributed by atoms with Crippen molar-refractivity contribution >= 4 is 0 Å². The Balaban J connectivity index is 0.000000573. The third kappa shape index (κ3) is 6.24. The predicted octanol–water partition coefficient (Wildman–Crippen LogP) is 4.72. The monoisotopic (exact) mass is 263 g/mol. The molecule has 0 fully saturated rings. The molecule has 0 unspecified atom stereocenters. The minimum Gasteiger partial charge on any atom is -0.323 e. The second-order valence-corrected chi connectivity index (χ2v) is 5.94. The van der Waals surface area contributed by atoms with E-state index in [1.54, 1.807) is 11.1 Å². The molecular formula is C18H33N. The van der Waals surface area contributed by atoms with Gasteiger partial charge >= 0.3 is 0 Å². The smallest absolute Gasteiger partial charge is 0.0132 e. The van der Waals surface area contributed by atoms with Crippen LogP contribution in [0.4, 0.5) is 0 Å². The maximum Gasteiger partial charge on any atom is -0.0132 e. The van der Waals surface area contributed by atoms with Crippen molar-refractivity contribution in [3.8, 4) is 0 Å². The molecule has 1 aromatic rings. The van der Waals surface area contributed by atoms with E-state index in [9.17, 15) is 0 Å². The molecule has 0 radical (unpaired) electrons. The topological polar surface area (TPSA) is 12.0 Å². The van der Waals surface area contributed by atoms with Crippen LogP contribution in [-0.4, -0.2) is 14.1 Å². The van der Waals surface area contributed by atoms with Crippen molar-refractivity contribution in [2.24, 2.45) is 0 Å². The summed E-state index contributed by atoms with van der Waals surface area (Å²) in [6.07, 6.45) is 5.33. The Morgan fingerprint density at radius 1 is 0.895 bits per heavy atom. The van der Waals surface area contributed by atoms with Gasteiger partial charge in [-0.15, -0.1) is 0 Å². The molecule has 0 aliphatic heterocycles. The third-order valence-electron chi connectivity index (χ3n) is 3.21. The molecule has 110 valence electrons. The summed E-state index contributed by atoms with van der Waals surface area (Å²) in [6.45, 7) is 10.9. The Hall–Kier alpha value is -0.820. The summed E-state index contributed by atoms with van der Waals surface area (Å²) in [5.41, 5.74) is 4.97. The molecule has 0 heterocycles. The van der Waals surface area contributed by atoms with Gasteiger partial charge in [0, 0.05) is 0 Å². The van der Waals surface area contributed by atoms with Gasteiger partial charge in [0.25, 0.3) is 0 Å². The van der Waals surface area contributed by atoms with Crippen molar-refractivity contribution in [2.45, 2.75) is 65.7 Å². The van der Waals surface area contributed by atoms with Gasteiger partial charge in [-0.1, -0.05) is 52.8 Å². The van der Waals surface area contributed by atoms with Gasteiger partial charge < -0.3 is 5.32 Å². The van der Waals surface area contributed by atoms with E-state index in [4.69, 9.17) is 0 Å². The van der Waals surface area contributed by atoms with Gasteiger partial charge in [0.15, 0.2) is 0 Å². The lowest BCUT2D eigenvalue weighted by Crippen LogP contribution is -2.13. The van der Waals surface area contributed by atoms with Crippen molar-refractivity contribution in [3.05, 3.63) is 34.9 Å². The molecule has 1 N–H and O–H groups in total. The lowest BCUT2D eigenvalue weighted by atomic mass is 9.82. The standard InChI is InChI=1S/C14H20.C2H7N.C2H6/c1-14(2,3)13-9-8-11-6-4-5-7-12(11)10-13;1-3-2;1-2/h8-10H,4-7H2,1-3H3;3H,1-2H3;1-2H3. The summed E-state index contributed by atoms with van der Waals surface area (Å²) in [5.74, 6) is 0. The van der Waals surface area contributed by atoms with Crippen LogP contribution < -0.4 is 5.32 Å². The molecule has 19 heavy (non-hydrogen) atoms. The maximum absolute atomic E-state index is 2.75. The van der Waals surface area contributed by atoms with Crippen molar-refractivity contribution < 1.29 is 0 Å². The molecule has 0 atom stereocenters. The molecule has 1 aromatic carbocycles. The second kappa shape index (κ2) is 9.14. The van der Waals surface area contributed by atoms with Crippen molar-refractivity contribution in [2.75, 3.05) is 14.1 Å². The number of nitrogens with one attached hydrogen (secondary N) is 1. The van der Waals surface area contributed by atoms with E-state index < -0.39 is 0 Å². The largest absolute Gasteiger partial charge is 0.323 e. The predicted molar refractivity (Wildman–Crippen MR) is 88.1 cm³/mol. The third-order valence-corrected chi connectivity index (χ3v) is 3.21. The highest BCUT2D eigenvalue weighted by Crippen LogP contribution is 2.28. The molecule has 0 amide bonds. The lowest BCUT2D eigenvalue weighted by Gasteiger charge is -2.23. The molecule has 0 saturated heterocycles. The highest BCUT2D eigenvalue weighted by molar-refractivity contribution is 5.36. The summed E-state index contributed by atoms with van der Waals surface area (Å²) in [6, 6.07) is 7.08. The maximum atomic E-state index is 2.75. The van der Waals surface area contributed by atoms with Gasteiger partial charge in [-0.05, 0) is 61.9 Å². The van der Waals surface area contributed by atoms with E-state index in [-0.39, 0.29) is 0 Å². The number of hydrogen-bond acceptors (Lipinski definition) is 1. The molecule has 1 aliphatic rings. The van der Waals surface area contributed by atoms with Crippen molar-refractivity contribution in [3.63, 3.8) is 0 Å². The Morgan fingerprint density at radius 2 is 1.37 bits per heavy atom. The molecule has 2 rings (SSSR count). The number of hydrogen-bond donors (Lipinski definition) is 1. The van der Waals surface area contributed by atoms with Crippen LogP contribution in [0.2, 0.25) is 0 Å². The fourth-order valence-electron chi connectivity index (χ4n) is 2.20. The highest BCUT2D eigenvalue weighted by atomic mass is 14.7. The summed E-state index contributed by atoms with van der Waals surface area (Å²) in [5, 5.41) is 2.75. The van der Waals surface area contributed by atoms with Crippen molar-refractivity contribution in [1.82, 2.24) is 5.32 Å². The van der Waals surface area contributed by atoms with Crippen LogP contribution in [0.15, 0.2) is 18.2 Å². The van der Waals surface area contributed by atoms with E-state index in [2.05, 4.69) is 44.3 Å². The van der Waals surface area contributed by atoms with E-state index >= 15 is 0 Å². The first-order chi connectivity index (χ1) is 8.99. The molecule has 0 aromatic heterocycles. The molecular weight excluding hydrogens is 230 g/mol. The van der Waals surface area contributed by atoms with Crippen LogP contribution >= 0.6 is 0 Å². The van der Waals surface area contributed by atoms with Gasteiger partial charge in [-0.2, -0.15) is 0 Å². The first kappa shape index (κ1) is 18.2. The number of fused-ring (bicyclic) bond motifs is 1. The first-order valence-corrected chi connectivity index (χ1v) is 7.70. The minimum atomic E-state index is 0.298. The van der Waals surface area contributed by atoms with Crippen LogP contribution in [0.25, 0.3) is 0 Å². The zero-order valence-electron chi connectivity index (χ0n) is 14.1. The van der Waals surface area contributed by atoms with E-state index in [0.29, 0.717) is 5.41 Å². The zero-order chi connectivity index (χ0) is 14.9. The van der Waals surface area contributed by atoms with Crippen LogP contribution in [0.3, 0.4) is 0 Å². The van der Waals surface area contributed by atoms with Crippen LogP contribution in [0.5, 0.6) is 0 Å². The summed E-state index contributed by atoms with van der Waals surface area (Å²) in [7, 11) is 3.75. The summed E-state index contributed by atoms with van der Waals surface area (Å²) >= 11 is 0. The Labute approximate surface area is 120 Å². The van der Waals surface area contributed by atoms with E-state index in [0.717, 1.165) is 0 Å². The van der Waals surface area contributed by atoms with Crippen LogP contribution in [0.1, 0.15) is 64.2 Å². The summed E-state index contributed by atoms with van der Waals surface area (Å²) < 4.78 is 0. The quantitative estimate of drug-likeness (QED) is 0.714. The number of benzene rings is 1. The first-order valence-electron chi connectivity index (χ1n) is 7.70. The normalized spacial score (nSPS) is 13.4. The Morgan fingerprint density at radius 3 is 1.84 bits per heavy atom. The van der Waals surface area contributed by atoms with Gasteiger partial charge in [0.2, 0.25) is 0 Å². The number of aryl methyl sites for hydroxylation is 2. The SMILES string of the molecule is CC.CC(C)(C)c1ccc2c(c1)CCCC2.CNC. The fraction of sp³-hybridized carbons (Fsp3) is 0.667. The van der Waals surface area contributed by atoms with Gasteiger partial charge in [-0.25, -0.2) is 0 Å². The summed E-state index contributed by atoms with van der Waals surface area (Å²) in [4.78, 5) is 0. The Bertz CT molecular complexity index is 347. The minimum absolute atomic E-state index is 0.298. The van der Waals surface area contributed by atoms with E-state index in [1.807, 2.05) is 27.9 Å². The molecule has 1 aliphatic carbocycles. The lowest BCUT2D eigenvalue weighted by molar-refractivity contribution is 0.586. The molecule has 0 saturated carbocycles. The molecule has 0 spiro atoms. The zero-order valence-corrected chi connectivity index (χ0v) is 14.1. The molecule has 0 bridgehead atoms. The molecule has 1 nitrogen and oxygen atoms in total. The van der Waals surface area contributed by atoms with Gasteiger partial charge in [-0.3, -0.25) is 0 Å². The number of rotatable bonds is 0. The van der Waals surface area contributed by atoms with Crippen LogP contribution in [0, 0.1) is 0 Å². The second-order valence-electron chi connectivity index (χ2n) is 5.94. The van der Waals surface area contributed by atoms with Crippen LogP contribution in [-0.2, 0) is 18.3 Å². The fourth-order valence-corrected chi connectivity index (χ4v) is 2.20. The highest BCUT2D eigenvalue weighted by Gasteiger charge is 2.16. The van der Waals surface area contributed by atoms with E-state index in [1.165, 1.54) is 31.2 Å². The van der Waals surface area contributed by atoms with Gasteiger partial charge in [0.1, 0.15) is 0 Å². The Kier molecular flexibility index (Phi) is 8.75. The van der Waals surface area contributed by atoms with Crippen molar-refractivity contribution in [1.29, 1.82) is 0 Å².